The highest BCUT2D eigenvalue weighted by Crippen LogP contribution is 2.26. The van der Waals surface area contributed by atoms with Crippen molar-refractivity contribution in [1.82, 2.24) is 0 Å². The maximum Gasteiger partial charge on any atom is 0.265 e. The minimum Gasteiger partial charge on any atom is -0.397 e. The van der Waals surface area contributed by atoms with E-state index in [9.17, 15) is 4.79 Å². The molecule has 0 spiro atoms. The summed E-state index contributed by atoms with van der Waals surface area (Å²) < 4.78 is 0.564. The summed E-state index contributed by atoms with van der Waals surface area (Å²) in [4.78, 5) is 12.4. The van der Waals surface area contributed by atoms with Crippen LogP contribution in [0, 0.1) is 0 Å². The number of rotatable bonds is 2. The molecule has 0 saturated heterocycles. The monoisotopic (exact) mass is 286 g/mol. The molecule has 0 aliphatic rings. The second-order valence-electron chi connectivity index (χ2n) is 3.29. The largest absolute Gasteiger partial charge is 0.397 e. The van der Waals surface area contributed by atoms with Crippen LogP contribution >= 0.6 is 34.5 Å². The number of nitrogens with two attached hydrogens (primary N) is 1. The number of carbonyl (C=O) groups excluding carboxylic acids is 1. The van der Waals surface area contributed by atoms with Crippen molar-refractivity contribution in [2.75, 3.05) is 11.1 Å². The Bertz CT molecular complexity index is 568. The van der Waals surface area contributed by atoms with Crippen molar-refractivity contribution >= 4 is 51.8 Å². The van der Waals surface area contributed by atoms with Crippen LogP contribution < -0.4 is 11.1 Å². The highest BCUT2D eigenvalue weighted by atomic mass is 35.5. The van der Waals surface area contributed by atoms with E-state index in [1.54, 1.807) is 30.3 Å². The van der Waals surface area contributed by atoms with Gasteiger partial charge in [-0.2, -0.15) is 0 Å². The molecule has 3 N–H and O–H groups in total. The van der Waals surface area contributed by atoms with Gasteiger partial charge < -0.3 is 11.1 Å². The summed E-state index contributed by atoms with van der Waals surface area (Å²) >= 11 is 12.8. The summed E-state index contributed by atoms with van der Waals surface area (Å²) in [6.45, 7) is 0. The van der Waals surface area contributed by atoms with Crippen LogP contribution in [-0.2, 0) is 0 Å². The van der Waals surface area contributed by atoms with Gasteiger partial charge in [-0.1, -0.05) is 23.2 Å². The summed E-state index contributed by atoms with van der Waals surface area (Å²) in [6, 6.07) is 8.23. The molecule has 3 nitrogen and oxygen atoms in total. The molecule has 0 aliphatic heterocycles. The molecule has 0 saturated carbocycles. The molecule has 88 valence electrons. The number of thiophene rings is 1. The van der Waals surface area contributed by atoms with Gasteiger partial charge in [0, 0.05) is 5.02 Å². The molecule has 2 aromatic rings. The zero-order chi connectivity index (χ0) is 12.4. The summed E-state index contributed by atoms with van der Waals surface area (Å²) in [6.07, 6.45) is 0. The third-order valence-electron chi connectivity index (χ3n) is 2.06. The van der Waals surface area contributed by atoms with E-state index in [2.05, 4.69) is 5.32 Å². The molecule has 17 heavy (non-hydrogen) atoms. The first-order chi connectivity index (χ1) is 8.06. The molecular formula is C11H8Cl2N2OS. The van der Waals surface area contributed by atoms with Crippen LogP contribution in [0.5, 0.6) is 0 Å². The number of benzene rings is 1. The Kier molecular flexibility index (Phi) is 3.57. The number of halogens is 2. The first-order valence-corrected chi connectivity index (χ1v) is 6.25. The highest BCUT2D eigenvalue weighted by molar-refractivity contribution is 7.18. The van der Waals surface area contributed by atoms with Crippen LogP contribution in [0.4, 0.5) is 11.4 Å². The lowest BCUT2D eigenvalue weighted by molar-refractivity contribution is 0.103. The standard InChI is InChI=1S/C11H8Cl2N2OS/c12-6-1-2-7(14)8(5-6)15-11(16)9-3-4-10(13)17-9/h1-5H,14H2,(H,15,16). The number of anilines is 2. The fraction of sp³-hybridized carbons (Fsp3) is 0. The summed E-state index contributed by atoms with van der Waals surface area (Å²) in [5.74, 6) is -0.254. The molecule has 2 rings (SSSR count). The second kappa shape index (κ2) is 4.96. The second-order valence-corrected chi connectivity index (χ2v) is 5.44. The topological polar surface area (TPSA) is 55.1 Å². The molecule has 0 fully saturated rings. The Morgan fingerprint density at radius 3 is 2.65 bits per heavy atom. The molecule has 1 amide bonds. The van der Waals surface area contributed by atoms with Gasteiger partial charge in [-0.05, 0) is 30.3 Å². The van der Waals surface area contributed by atoms with Crippen molar-refractivity contribution in [2.24, 2.45) is 0 Å². The third kappa shape index (κ3) is 2.91. The van der Waals surface area contributed by atoms with E-state index in [0.717, 1.165) is 0 Å². The zero-order valence-electron chi connectivity index (χ0n) is 8.54. The quantitative estimate of drug-likeness (QED) is 0.823. The number of hydrogen-bond acceptors (Lipinski definition) is 3. The van der Waals surface area contributed by atoms with Crippen LogP contribution in [0.25, 0.3) is 0 Å². The number of hydrogen-bond donors (Lipinski definition) is 2. The molecule has 1 heterocycles. The van der Waals surface area contributed by atoms with Gasteiger partial charge in [-0.15, -0.1) is 11.3 Å². The lowest BCUT2D eigenvalue weighted by atomic mass is 10.2. The van der Waals surface area contributed by atoms with Crippen LogP contribution in [0.1, 0.15) is 9.67 Å². The maximum absolute atomic E-state index is 11.8. The zero-order valence-corrected chi connectivity index (χ0v) is 10.9. The third-order valence-corrected chi connectivity index (χ3v) is 3.53. The lowest BCUT2D eigenvalue weighted by Gasteiger charge is -2.07. The van der Waals surface area contributed by atoms with Crippen LogP contribution in [0.15, 0.2) is 30.3 Å². The van der Waals surface area contributed by atoms with Gasteiger partial charge in [0.1, 0.15) is 0 Å². The van der Waals surface area contributed by atoms with Gasteiger partial charge in [-0.3, -0.25) is 4.79 Å². The SMILES string of the molecule is Nc1ccc(Cl)cc1NC(=O)c1ccc(Cl)s1. The first kappa shape index (κ1) is 12.2. The Balaban J connectivity index is 2.21. The fourth-order valence-electron chi connectivity index (χ4n) is 1.26. The Morgan fingerprint density at radius 1 is 1.24 bits per heavy atom. The van der Waals surface area contributed by atoms with Gasteiger partial charge in [0.25, 0.3) is 5.91 Å². The molecule has 0 unspecified atom stereocenters. The van der Waals surface area contributed by atoms with Crippen molar-refractivity contribution < 1.29 is 4.79 Å². The Labute approximate surface area is 112 Å². The fourth-order valence-corrected chi connectivity index (χ4v) is 2.37. The van der Waals surface area contributed by atoms with E-state index in [4.69, 9.17) is 28.9 Å². The van der Waals surface area contributed by atoms with Crippen LogP contribution in [-0.4, -0.2) is 5.91 Å². The van der Waals surface area contributed by atoms with Gasteiger partial charge in [0.2, 0.25) is 0 Å². The minimum atomic E-state index is -0.254. The Morgan fingerprint density at radius 2 is 2.00 bits per heavy atom. The maximum atomic E-state index is 11.8. The molecule has 1 aromatic carbocycles. The highest BCUT2D eigenvalue weighted by Gasteiger charge is 2.10. The van der Waals surface area contributed by atoms with Crippen molar-refractivity contribution in [3.63, 3.8) is 0 Å². The number of amides is 1. The summed E-state index contributed by atoms with van der Waals surface area (Å²) in [7, 11) is 0. The molecular weight excluding hydrogens is 279 g/mol. The normalized spacial score (nSPS) is 10.2. The number of carbonyl (C=O) groups is 1. The predicted octanol–water partition coefficient (Wildman–Crippen LogP) is 3.89. The molecule has 0 radical (unpaired) electrons. The van der Waals surface area contributed by atoms with Crippen molar-refractivity contribution in [2.45, 2.75) is 0 Å². The van der Waals surface area contributed by atoms with Gasteiger partial charge in [-0.25, -0.2) is 0 Å². The molecule has 6 heteroatoms. The molecule has 0 atom stereocenters. The van der Waals surface area contributed by atoms with E-state index in [-0.39, 0.29) is 5.91 Å². The summed E-state index contributed by atoms with van der Waals surface area (Å²) in [5, 5.41) is 3.20. The molecule has 0 bridgehead atoms. The first-order valence-electron chi connectivity index (χ1n) is 4.68. The van der Waals surface area contributed by atoms with Crippen molar-refractivity contribution in [1.29, 1.82) is 0 Å². The Hall–Kier alpha value is -1.23. The minimum absolute atomic E-state index is 0.254. The van der Waals surface area contributed by atoms with Gasteiger partial charge >= 0.3 is 0 Å². The van der Waals surface area contributed by atoms with Gasteiger partial charge in [0.15, 0.2) is 0 Å². The lowest BCUT2D eigenvalue weighted by Crippen LogP contribution is -2.11. The smallest absolute Gasteiger partial charge is 0.265 e. The number of nitrogens with one attached hydrogen (secondary N) is 1. The van der Waals surface area contributed by atoms with E-state index in [1.165, 1.54) is 11.3 Å². The summed E-state index contributed by atoms with van der Waals surface area (Å²) in [5.41, 5.74) is 6.68. The van der Waals surface area contributed by atoms with E-state index >= 15 is 0 Å². The van der Waals surface area contributed by atoms with Crippen LogP contribution in [0.3, 0.4) is 0 Å². The average molecular weight is 287 g/mol. The van der Waals surface area contributed by atoms with E-state index < -0.39 is 0 Å². The van der Waals surface area contributed by atoms with Crippen molar-refractivity contribution in [3.8, 4) is 0 Å². The molecule has 1 aromatic heterocycles. The predicted molar refractivity (Wildman–Crippen MR) is 73.1 cm³/mol. The van der Waals surface area contributed by atoms with Gasteiger partial charge in [0.05, 0.1) is 20.6 Å². The van der Waals surface area contributed by atoms with Crippen molar-refractivity contribution in [3.05, 3.63) is 44.6 Å². The average Bonchev–Trinajstić information content (AvgIpc) is 2.70. The number of nitrogen functional groups attached to an aromatic ring is 1. The van der Waals surface area contributed by atoms with Crippen LogP contribution in [0.2, 0.25) is 9.36 Å². The van der Waals surface area contributed by atoms with E-state index in [1.807, 2.05) is 0 Å². The van der Waals surface area contributed by atoms with E-state index in [0.29, 0.717) is 25.6 Å². The molecule has 0 aliphatic carbocycles.